The first-order valence-electron chi connectivity index (χ1n) is 6.99. The second-order valence-electron chi connectivity index (χ2n) is 5.40. The number of rotatable bonds is 6. The second-order valence-corrected chi connectivity index (χ2v) is 5.40. The highest BCUT2D eigenvalue weighted by Gasteiger charge is 2.45. The third kappa shape index (κ3) is 3.18. The summed E-state index contributed by atoms with van der Waals surface area (Å²) < 4.78 is 5.15. The van der Waals surface area contributed by atoms with Crippen LogP contribution in [0.1, 0.15) is 39.0 Å². The van der Waals surface area contributed by atoms with E-state index >= 15 is 0 Å². The van der Waals surface area contributed by atoms with Crippen molar-refractivity contribution in [3.63, 3.8) is 0 Å². The zero-order valence-electron chi connectivity index (χ0n) is 11.4. The smallest absolute Gasteiger partial charge is 0.332 e. The number of hydrogen-bond acceptors (Lipinski definition) is 3. The largest absolute Gasteiger partial charge is 0.479 e. The summed E-state index contributed by atoms with van der Waals surface area (Å²) in [4.78, 5) is 25.4. The molecule has 0 radical (unpaired) electrons. The summed E-state index contributed by atoms with van der Waals surface area (Å²) in [5.74, 6) is -1.01. The molecule has 6 nitrogen and oxygen atoms in total. The second kappa shape index (κ2) is 5.77. The Hall–Kier alpha value is -1.30. The lowest BCUT2D eigenvalue weighted by Gasteiger charge is -2.29. The summed E-state index contributed by atoms with van der Waals surface area (Å²) in [6.07, 6.45) is 4.34. The number of nitrogens with zero attached hydrogens (tertiary/aromatic N) is 1. The fourth-order valence-electron chi connectivity index (χ4n) is 2.33. The van der Waals surface area contributed by atoms with Crippen LogP contribution in [0.5, 0.6) is 0 Å². The Morgan fingerprint density at radius 3 is 2.68 bits per heavy atom. The number of urea groups is 1. The fourth-order valence-corrected chi connectivity index (χ4v) is 2.33. The van der Waals surface area contributed by atoms with E-state index in [0.717, 1.165) is 25.7 Å². The van der Waals surface area contributed by atoms with E-state index in [2.05, 4.69) is 12.2 Å². The van der Waals surface area contributed by atoms with Gasteiger partial charge in [-0.05, 0) is 19.3 Å². The Balaban J connectivity index is 1.98. The third-order valence-electron chi connectivity index (χ3n) is 3.78. The van der Waals surface area contributed by atoms with Crippen molar-refractivity contribution in [2.45, 2.75) is 50.6 Å². The minimum atomic E-state index is -1.24. The Morgan fingerprint density at radius 2 is 2.21 bits per heavy atom. The van der Waals surface area contributed by atoms with Crippen LogP contribution in [-0.2, 0) is 9.53 Å². The minimum Gasteiger partial charge on any atom is -0.479 e. The third-order valence-corrected chi connectivity index (χ3v) is 3.78. The van der Waals surface area contributed by atoms with Gasteiger partial charge in [0.25, 0.3) is 0 Å². The Kier molecular flexibility index (Phi) is 4.29. The van der Waals surface area contributed by atoms with E-state index in [-0.39, 0.29) is 12.6 Å². The van der Waals surface area contributed by atoms with Gasteiger partial charge in [0.05, 0.1) is 6.61 Å². The van der Waals surface area contributed by atoms with Crippen LogP contribution in [0.2, 0.25) is 0 Å². The van der Waals surface area contributed by atoms with Gasteiger partial charge in [-0.25, -0.2) is 9.59 Å². The maximum Gasteiger partial charge on any atom is 0.332 e. The van der Waals surface area contributed by atoms with E-state index < -0.39 is 11.5 Å². The Morgan fingerprint density at radius 1 is 1.47 bits per heavy atom. The first kappa shape index (κ1) is 14.1. The summed E-state index contributed by atoms with van der Waals surface area (Å²) >= 11 is 0. The van der Waals surface area contributed by atoms with Crippen LogP contribution in [0.3, 0.4) is 0 Å². The maximum absolute atomic E-state index is 12.3. The molecular formula is C13H22N2O4. The zero-order chi connectivity index (χ0) is 13.9. The number of carboxylic acids is 1. The fraction of sp³-hybridized carbons (Fsp3) is 0.846. The molecule has 2 fully saturated rings. The molecule has 2 aliphatic rings. The van der Waals surface area contributed by atoms with Crippen LogP contribution in [0, 0.1) is 0 Å². The highest BCUT2D eigenvalue weighted by atomic mass is 16.5. The van der Waals surface area contributed by atoms with Gasteiger partial charge >= 0.3 is 12.0 Å². The molecule has 108 valence electrons. The molecule has 1 unspecified atom stereocenters. The van der Waals surface area contributed by atoms with Crippen molar-refractivity contribution in [2.24, 2.45) is 0 Å². The van der Waals surface area contributed by atoms with Crippen LogP contribution in [0.4, 0.5) is 4.79 Å². The lowest BCUT2D eigenvalue weighted by molar-refractivity contribution is -0.144. The molecular weight excluding hydrogens is 248 g/mol. The first-order chi connectivity index (χ1) is 9.09. The van der Waals surface area contributed by atoms with Gasteiger partial charge in [-0.15, -0.1) is 0 Å². The molecule has 0 aromatic heterocycles. The van der Waals surface area contributed by atoms with Crippen LogP contribution in [0.15, 0.2) is 0 Å². The number of unbranched alkanes of at least 4 members (excludes halogenated alkanes) is 1. The van der Waals surface area contributed by atoms with Gasteiger partial charge in [0.15, 0.2) is 5.54 Å². The topological polar surface area (TPSA) is 78.9 Å². The molecule has 2 amide bonds. The number of amides is 2. The standard InChI is InChI=1S/C13H22N2O4/c1-2-3-7-15(10-4-5-10)12(18)14-13(11(16)17)6-8-19-9-13/h10H,2-9H2,1H3,(H,14,18)(H,16,17). The van der Waals surface area contributed by atoms with Crippen molar-refractivity contribution in [1.82, 2.24) is 10.2 Å². The number of carboxylic acid groups (broad SMARTS) is 1. The van der Waals surface area contributed by atoms with Gasteiger partial charge < -0.3 is 20.1 Å². The number of carbonyl (C=O) groups is 2. The van der Waals surface area contributed by atoms with Crippen LogP contribution in [0.25, 0.3) is 0 Å². The molecule has 1 aliphatic carbocycles. The van der Waals surface area contributed by atoms with Gasteiger partial charge in [0, 0.05) is 25.6 Å². The predicted octanol–water partition coefficient (Wildman–Crippen LogP) is 1.20. The SMILES string of the molecule is CCCCN(C(=O)NC1(C(=O)O)CCOC1)C1CC1. The number of ether oxygens (including phenoxy) is 1. The molecule has 0 aromatic rings. The van der Waals surface area contributed by atoms with Crippen molar-refractivity contribution < 1.29 is 19.4 Å². The summed E-state index contributed by atoms with van der Waals surface area (Å²) in [6, 6.07) is 0.0311. The van der Waals surface area contributed by atoms with E-state index in [1.54, 1.807) is 4.90 Å². The van der Waals surface area contributed by atoms with Gasteiger partial charge in [-0.1, -0.05) is 13.3 Å². The average molecular weight is 270 g/mol. The molecule has 1 aliphatic heterocycles. The van der Waals surface area contributed by atoms with Gasteiger partial charge in [-0.3, -0.25) is 0 Å². The van der Waals surface area contributed by atoms with Gasteiger partial charge in [0.1, 0.15) is 0 Å². The number of hydrogen-bond donors (Lipinski definition) is 2. The summed E-state index contributed by atoms with van der Waals surface area (Å²) in [5.41, 5.74) is -1.24. The highest BCUT2D eigenvalue weighted by molar-refractivity contribution is 5.87. The molecule has 1 atom stereocenters. The summed E-state index contributed by atoms with van der Waals surface area (Å²) in [7, 11) is 0. The van der Waals surface area contributed by atoms with Crippen LogP contribution >= 0.6 is 0 Å². The molecule has 0 aromatic carbocycles. The maximum atomic E-state index is 12.3. The van der Waals surface area contributed by atoms with Crippen molar-refractivity contribution >= 4 is 12.0 Å². The monoisotopic (exact) mass is 270 g/mol. The van der Waals surface area contributed by atoms with Crippen LogP contribution in [-0.4, -0.2) is 53.3 Å². The molecule has 1 heterocycles. The van der Waals surface area contributed by atoms with E-state index in [1.165, 1.54) is 0 Å². The van der Waals surface area contributed by atoms with Crippen molar-refractivity contribution in [2.75, 3.05) is 19.8 Å². The first-order valence-corrected chi connectivity index (χ1v) is 6.99. The van der Waals surface area contributed by atoms with E-state index in [1.807, 2.05) is 0 Å². The van der Waals surface area contributed by atoms with Crippen molar-refractivity contribution in [3.8, 4) is 0 Å². The number of nitrogens with one attached hydrogen (secondary N) is 1. The molecule has 1 saturated carbocycles. The molecule has 1 saturated heterocycles. The number of aliphatic carboxylic acids is 1. The normalized spacial score (nSPS) is 26.2. The van der Waals surface area contributed by atoms with Crippen molar-refractivity contribution in [3.05, 3.63) is 0 Å². The average Bonchev–Trinajstić information content (AvgIpc) is 3.09. The minimum absolute atomic E-state index is 0.0559. The van der Waals surface area contributed by atoms with Gasteiger partial charge in [0.2, 0.25) is 0 Å². The summed E-state index contributed by atoms with van der Waals surface area (Å²) in [5, 5.41) is 12.0. The Labute approximate surface area is 113 Å². The quantitative estimate of drug-likeness (QED) is 0.760. The molecule has 0 spiro atoms. The lowest BCUT2D eigenvalue weighted by Crippen LogP contribution is -2.58. The van der Waals surface area contributed by atoms with E-state index in [0.29, 0.717) is 25.6 Å². The zero-order valence-corrected chi connectivity index (χ0v) is 11.4. The molecule has 6 heteroatoms. The van der Waals surface area contributed by atoms with E-state index in [9.17, 15) is 14.7 Å². The van der Waals surface area contributed by atoms with Crippen LogP contribution < -0.4 is 5.32 Å². The molecule has 19 heavy (non-hydrogen) atoms. The molecule has 2 N–H and O–H groups in total. The van der Waals surface area contributed by atoms with Crippen molar-refractivity contribution in [1.29, 1.82) is 0 Å². The highest BCUT2D eigenvalue weighted by Crippen LogP contribution is 2.28. The Bertz CT molecular complexity index is 349. The molecule has 2 rings (SSSR count). The molecule has 0 bridgehead atoms. The summed E-state index contributed by atoms with van der Waals surface area (Å²) in [6.45, 7) is 3.21. The van der Waals surface area contributed by atoms with Gasteiger partial charge in [-0.2, -0.15) is 0 Å². The predicted molar refractivity (Wildman–Crippen MR) is 69.0 cm³/mol. The lowest BCUT2D eigenvalue weighted by atomic mass is 9.99. The van der Waals surface area contributed by atoms with E-state index in [4.69, 9.17) is 4.74 Å². The number of carbonyl (C=O) groups excluding carboxylic acids is 1.